The monoisotopic (exact) mass is 418 g/mol. The number of piperidine rings is 1. The van der Waals surface area contributed by atoms with Gasteiger partial charge in [0, 0.05) is 48.9 Å². The fourth-order valence-electron chi connectivity index (χ4n) is 4.54. The van der Waals surface area contributed by atoms with Gasteiger partial charge in [-0.25, -0.2) is 14.1 Å². The molecule has 0 radical (unpaired) electrons. The molecule has 5 nitrogen and oxygen atoms in total. The van der Waals surface area contributed by atoms with Crippen LogP contribution < -0.4 is 0 Å². The maximum Gasteiger partial charge on any atom is 0.184 e. The Bertz CT molecular complexity index is 985. The zero-order valence-electron chi connectivity index (χ0n) is 16.5. The number of hydrogen-bond donors (Lipinski definition) is 0. The lowest BCUT2D eigenvalue weighted by molar-refractivity contribution is -0.0960. The van der Waals surface area contributed by atoms with Gasteiger partial charge in [0.2, 0.25) is 0 Å². The van der Waals surface area contributed by atoms with Gasteiger partial charge in [-0.05, 0) is 44.2 Å². The van der Waals surface area contributed by atoms with E-state index in [2.05, 4.69) is 15.0 Å². The van der Waals surface area contributed by atoms with Gasteiger partial charge in [-0.3, -0.25) is 4.90 Å². The van der Waals surface area contributed by atoms with Crippen LogP contribution >= 0.6 is 11.3 Å². The number of rotatable bonds is 3. The standard InChI is InChI=1S/C21H24F2N4OS/c1-14-16(13-27(25-14)20-17(22)3-2-7-24-20)12-26-8-5-21(6-9-26)19-15(4-10-28-21)11-18(23)29-19/h7,11,13H,2-6,8-10,12H2,1H3. The number of halogens is 2. The summed E-state index contributed by atoms with van der Waals surface area (Å²) in [6.45, 7) is 5.12. The number of aliphatic imine (C=N–C) groups is 1. The summed E-state index contributed by atoms with van der Waals surface area (Å²) in [5.41, 5.74) is 2.76. The first-order chi connectivity index (χ1) is 14.0. The smallest absolute Gasteiger partial charge is 0.184 e. The summed E-state index contributed by atoms with van der Waals surface area (Å²) in [6.07, 6.45) is 7.16. The summed E-state index contributed by atoms with van der Waals surface area (Å²) in [4.78, 5) is 7.64. The average Bonchev–Trinajstić information content (AvgIpc) is 3.27. The van der Waals surface area contributed by atoms with E-state index in [9.17, 15) is 8.78 Å². The number of aryl methyl sites for hydroxylation is 1. The third kappa shape index (κ3) is 3.47. The molecule has 0 unspecified atom stereocenters. The fourth-order valence-corrected chi connectivity index (χ4v) is 5.68. The Hall–Kier alpha value is -1.90. The van der Waals surface area contributed by atoms with E-state index in [0.717, 1.165) is 60.6 Å². The van der Waals surface area contributed by atoms with E-state index in [-0.39, 0.29) is 16.6 Å². The second kappa shape index (κ2) is 7.41. The number of likely N-dealkylation sites (tertiary alicyclic amines) is 1. The van der Waals surface area contributed by atoms with Crippen LogP contribution in [0.4, 0.5) is 8.78 Å². The number of fused-ring (bicyclic) bond motifs is 2. The van der Waals surface area contributed by atoms with Crippen LogP contribution in [0.5, 0.6) is 0 Å². The molecule has 2 aromatic rings. The van der Waals surface area contributed by atoms with Gasteiger partial charge in [-0.2, -0.15) is 9.49 Å². The fraction of sp³-hybridized carbons (Fsp3) is 0.524. The number of nitrogens with zero attached hydrogens (tertiary/aromatic N) is 4. The van der Waals surface area contributed by atoms with Crippen molar-refractivity contribution >= 4 is 23.4 Å². The summed E-state index contributed by atoms with van der Waals surface area (Å²) in [5.74, 6) is 0.0842. The molecule has 29 heavy (non-hydrogen) atoms. The van der Waals surface area contributed by atoms with Crippen molar-refractivity contribution in [3.05, 3.63) is 44.9 Å². The lowest BCUT2D eigenvalue weighted by atomic mass is 9.85. The number of allylic oxidation sites excluding steroid dienone is 1. The maximum absolute atomic E-state index is 14.1. The second-order valence-electron chi connectivity index (χ2n) is 8.04. The maximum atomic E-state index is 14.1. The molecule has 2 aromatic heterocycles. The first kappa shape index (κ1) is 19.1. The van der Waals surface area contributed by atoms with E-state index >= 15 is 0 Å². The Morgan fingerprint density at radius 3 is 2.86 bits per heavy atom. The zero-order chi connectivity index (χ0) is 20.0. The minimum Gasteiger partial charge on any atom is -0.369 e. The number of hydrogen-bond acceptors (Lipinski definition) is 5. The number of ether oxygens (including phenoxy) is 1. The summed E-state index contributed by atoms with van der Waals surface area (Å²) >= 11 is 1.25. The molecule has 0 aliphatic carbocycles. The molecule has 8 heteroatoms. The predicted octanol–water partition coefficient (Wildman–Crippen LogP) is 4.42. The molecule has 0 N–H and O–H groups in total. The van der Waals surface area contributed by atoms with Gasteiger partial charge in [0.05, 0.1) is 12.3 Å². The molecule has 5 rings (SSSR count). The van der Waals surface area contributed by atoms with Crippen molar-refractivity contribution in [3.8, 4) is 0 Å². The highest BCUT2D eigenvalue weighted by atomic mass is 32.1. The van der Waals surface area contributed by atoms with Gasteiger partial charge in [0.1, 0.15) is 11.4 Å². The minimum atomic E-state index is -0.330. The summed E-state index contributed by atoms with van der Waals surface area (Å²) < 4.78 is 35.7. The molecule has 0 aromatic carbocycles. The minimum absolute atomic E-state index is 0.114. The molecule has 0 atom stereocenters. The predicted molar refractivity (Wildman–Crippen MR) is 109 cm³/mol. The topological polar surface area (TPSA) is 42.7 Å². The van der Waals surface area contributed by atoms with Crippen LogP contribution in [-0.2, 0) is 23.3 Å². The second-order valence-corrected chi connectivity index (χ2v) is 9.04. The summed E-state index contributed by atoms with van der Waals surface area (Å²) in [6, 6.07) is 1.68. The van der Waals surface area contributed by atoms with Crippen molar-refractivity contribution in [2.24, 2.45) is 4.99 Å². The van der Waals surface area contributed by atoms with E-state index in [1.807, 2.05) is 13.1 Å². The Balaban J connectivity index is 1.29. The Morgan fingerprint density at radius 2 is 2.07 bits per heavy atom. The largest absolute Gasteiger partial charge is 0.369 e. The van der Waals surface area contributed by atoms with Gasteiger partial charge in [-0.1, -0.05) is 0 Å². The quantitative estimate of drug-likeness (QED) is 0.741. The summed E-state index contributed by atoms with van der Waals surface area (Å²) in [7, 11) is 0. The molecule has 1 fully saturated rings. The van der Waals surface area contributed by atoms with E-state index in [1.165, 1.54) is 11.3 Å². The van der Waals surface area contributed by atoms with Crippen LogP contribution in [0.1, 0.15) is 47.4 Å². The molecule has 0 amide bonds. The van der Waals surface area contributed by atoms with Gasteiger partial charge < -0.3 is 4.74 Å². The van der Waals surface area contributed by atoms with Crippen molar-refractivity contribution < 1.29 is 13.5 Å². The lowest BCUT2D eigenvalue weighted by Gasteiger charge is -2.43. The third-order valence-corrected chi connectivity index (χ3v) is 7.32. The Kier molecular flexibility index (Phi) is 4.88. The zero-order valence-corrected chi connectivity index (χ0v) is 17.3. The molecule has 5 heterocycles. The molecule has 0 bridgehead atoms. The van der Waals surface area contributed by atoms with Crippen LogP contribution in [0, 0.1) is 12.1 Å². The Morgan fingerprint density at radius 1 is 1.24 bits per heavy atom. The molecular formula is C21H24F2N4OS. The van der Waals surface area contributed by atoms with Crippen molar-refractivity contribution in [3.63, 3.8) is 0 Å². The highest BCUT2D eigenvalue weighted by Crippen LogP contribution is 2.45. The van der Waals surface area contributed by atoms with E-state index < -0.39 is 0 Å². The molecular weight excluding hydrogens is 394 g/mol. The summed E-state index contributed by atoms with van der Waals surface area (Å²) in [5, 5.41) is 4.37. The van der Waals surface area contributed by atoms with E-state index in [1.54, 1.807) is 17.0 Å². The SMILES string of the molecule is Cc1nn(C2=C(F)CCC=N2)cc1CN1CCC2(CC1)OCCc1cc(F)sc12. The van der Waals surface area contributed by atoms with Gasteiger partial charge >= 0.3 is 0 Å². The van der Waals surface area contributed by atoms with Crippen molar-refractivity contribution in [1.29, 1.82) is 0 Å². The molecule has 154 valence electrons. The number of aromatic nitrogens is 2. The highest BCUT2D eigenvalue weighted by Gasteiger charge is 2.42. The van der Waals surface area contributed by atoms with Crippen LogP contribution in [0.2, 0.25) is 0 Å². The molecule has 1 saturated heterocycles. The normalized spacial score (nSPS) is 21.8. The average molecular weight is 419 g/mol. The van der Waals surface area contributed by atoms with Gasteiger partial charge in [-0.15, -0.1) is 11.3 Å². The van der Waals surface area contributed by atoms with Crippen LogP contribution in [0.15, 0.2) is 23.1 Å². The molecule has 3 aliphatic heterocycles. The van der Waals surface area contributed by atoms with Crippen LogP contribution in [-0.4, -0.2) is 40.6 Å². The molecule has 1 spiro atoms. The van der Waals surface area contributed by atoms with Crippen LogP contribution in [0.3, 0.4) is 0 Å². The highest BCUT2D eigenvalue weighted by molar-refractivity contribution is 7.10. The first-order valence-electron chi connectivity index (χ1n) is 10.2. The van der Waals surface area contributed by atoms with Crippen molar-refractivity contribution in [2.45, 2.75) is 51.2 Å². The van der Waals surface area contributed by atoms with Crippen molar-refractivity contribution in [2.75, 3.05) is 19.7 Å². The molecule has 0 saturated carbocycles. The first-order valence-corrected chi connectivity index (χ1v) is 11.0. The van der Waals surface area contributed by atoms with Crippen molar-refractivity contribution in [1.82, 2.24) is 14.7 Å². The third-order valence-electron chi connectivity index (χ3n) is 6.17. The van der Waals surface area contributed by atoms with Crippen LogP contribution in [0.25, 0.3) is 5.82 Å². The van der Waals surface area contributed by atoms with Gasteiger partial charge in [0.15, 0.2) is 11.0 Å². The van der Waals surface area contributed by atoms with E-state index in [0.29, 0.717) is 25.3 Å². The Labute approximate surface area is 172 Å². The lowest BCUT2D eigenvalue weighted by Crippen LogP contribution is -2.45. The van der Waals surface area contributed by atoms with Gasteiger partial charge in [0.25, 0.3) is 0 Å². The molecule has 3 aliphatic rings. The number of thiophene rings is 1. The van der Waals surface area contributed by atoms with E-state index in [4.69, 9.17) is 4.74 Å².